The lowest BCUT2D eigenvalue weighted by molar-refractivity contribution is -0.148. The van der Waals surface area contributed by atoms with Crippen LogP contribution in [0.1, 0.15) is 33.6 Å². The minimum Gasteiger partial charge on any atom is -0.481 e. The van der Waals surface area contributed by atoms with Gasteiger partial charge in [-0.1, -0.05) is 19.1 Å². The zero-order chi connectivity index (χ0) is 13.5. The number of carboxylic acids is 1. The molecule has 0 aromatic carbocycles. The Labute approximate surface area is 107 Å². The lowest BCUT2D eigenvalue weighted by Gasteiger charge is -2.30. The quantitative estimate of drug-likeness (QED) is 0.749. The van der Waals surface area contributed by atoms with Crippen LogP contribution in [0.5, 0.6) is 0 Å². The fourth-order valence-corrected chi connectivity index (χ4v) is 3.02. The van der Waals surface area contributed by atoms with Gasteiger partial charge in [-0.25, -0.2) is 0 Å². The summed E-state index contributed by atoms with van der Waals surface area (Å²) >= 11 is 0. The summed E-state index contributed by atoms with van der Waals surface area (Å²) in [7, 11) is 0. The molecule has 100 valence electrons. The molecule has 0 spiro atoms. The van der Waals surface area contributed by atoms with Gasteiger partial charge < -0.3 is 10.4 Å². The molecular weight excluding hydrogens is 230 g/mol. The third kappa shape index (κ3) is 2.16. The van der Waals surface area contributed by atoms with Crippen LogP contribution in [0.25, 0.3) is 0 Å². The maximum Gasteiger partial charge on any atom is 0.307 e. The van der Waals surface area contributed by atoms with Crippen LogP contribution in [0, 0.1) is 23.7 Å². The van der Waals surface area contributed by atoms with Crippen molar-refractivity contribution in [3.8, 4) is 0 Å². The van der Waals surface area contributed by atoms with Gasteiger partial charge in [0.2, 0.25) is 5.91 Å². The highest BCUT2D eigenvalue weighted by atomic mass is 16.4. The number of carbonyl (C=O) groups is 2. The minimum absolute atomic E-state index is 0.0352. The number of amides is 1. The Morgan fingerprint density at radius 3 is 2.33 bits per heavy atom. The molecule has 2 bridgehead atoms. The number of nitrogens with one attached hydrogen (secondary N) is 1. The molecule has 4 heteroatoms. The molecule has 2 aliphatic carbocycles. The maximum absolute atomic E-state index is 12.3. The first-order chi connectivity index (χ1) is 8.35. The first-order valence-electron chi connectivity index (χ1n) is 6.59. The second kappa shape index (κ2) is 4.41. The van der Waals surface area contributed by atoms with E-state index in [9.17, 15) is 14.7 Å². The first-order valence-corrected chi connectivity index (χ1v) is 6.59. The third-order valence-corrected chi connectivity index (χ3v) is 4.39. The van der Waals surface area contributed by atoms with Crippen LogP contribution in [0.3, 0.4) is 0 Å². The highest BCUT2D eigenvalue weighted by Gasteiger charge is 2.52. The summed E-state index contributed by atoms with van der Waals surface area (Å²) < 4.78 is 0. The molecule has 4 atom stereocenters. The fourth-order valence-electron chi connectivity index (χ4n) is 3.02. The van der Waals surface area contributed by atoms with Gasteiger partial charge in [0.15, 0.2) is 0 Å². The van der Waals surface area contributed by atoms with Crippen molar-refractivity contribution in [2.45, 2.75) is 39.2 Å². The molecule has 2 N–H and O–H groups in total. The minimum atomic E-state index is -0.846. The second-order valence-electron chi connectivity index (χ2n) is 6.06. The molecule has 0 aromatic rings. The van der Waals surface area contributed by atoms with Crippen molar-refractivity contribution in [2.24, 2.45) is 23.7 Å². The molecule has 2 unspecified atom stereocenters. The van der Waals surface area contributed by atoms with Crippen LogP contribution in [0.15, 0.2) is 12.2 Å². The van der Waals surface area contributed by atoms with Gasteiger partial charge in [0.25, 0.3) is 0 Å². The first kappa shape index (κ1) is 13.1. The van der Waals surface area contributed by atoms with Gasteiger partial charge in [-0.15, -0.1) is 0 Å². The molecule has 0 heterocycles. The topological polar surface area (TPSA) is 66.4 Å². The summed E-state index contributed by atoms with van der Waals surface area (Å²) in [5, 5.41) is 12.3. The lowest BCUT2D eigenvalue weighted by Crippen LogP contribution is -2.49. The Kier molecular flexibility index (Phi) is 3.21. The van der Waals surface area contributed by atoms with Crippen molar-refractivity contribution in [1.82, 2.24) is 5.32 Å². The van der Waals surface area contributed by atoms with Crippen LogP contribution in [-0.4, -0.2) is 22.5 Å². The summed E-state index contributed by atoms with van der Waals surface area (Å²) in [6, 6.07) is 0. The van der Waals surface area contributed by atoms with E-state index in [2.05, 4.69) is 5.32 Å². The number of rotatable bonds is 4. The summed E-state index contributed by atoms with van der Waals surface area (Å²) in [6.07, 6.45) is 5.60. The van der Waals surface area contributed by atoms with Gasteiger partial charge in [-0.3, -0.25) is 9.59 Å². The van der Waals surface area contributed by atoms with Crippen molar-refractivity contribution >= 4 is 11.9 Å². The summed E-state index contributed by atoms with van der Waals surface area (Å²) in [6.45, 7) is 5.93. The monoisotopic (exact) mass is 251 g/mol. The number of carboxylic acid groups (broad SMARTS) is 1. The largest absolute Gasteiger partial charge is 0.481 e. The molecule has 4 nitrogen and oxygen atoms in total. The molecule has 0 radical (unpaired) electrons. The third-order valence-electron chi connectivity index (χ3n) is 4.39. The Morgan fingerprint density at radius 2 is 1.83 bits per heavy atom. The predicted molar refractivity (Wildman–Crippen MR) is 67.9 cm³/mol. The van der Waals surface area contributed by atoms with E-state index in [1.54, 1.807) is 0 Å². The molecule has 2 rings (SSSR count). The Hall–Kier alpha value is -1.32. The average molecular weight is 251 g/mol. The molecular formula is C14H21NO3. The number of hydrogen-bond donors (Lipinski definition) is 2. The van der Waals surface area contributed by atoms with Crippen molar-refractivity contribution < 1.29 is 14.7 Å². The number of fused-ring (bicyclic) bond motifs is 2. The zero-order valence-electron chi connectivity index (χ0n) is 11.1. The van der Waals surface area contributed by atoms with Crippen molar-refractivity contribution in [3.05, 3.63) is 12.2 Å². The van der Waals surface area contributed by atoms with E-state index in [4.69, 9.17) is 0 Å². The molecule has 1 amide bonds. The Bertz CT molecular complexity index is 400. The fraction of sp³-hybridized carbons (Fsp3) is 0.714. The van der Waals surface area contributed by atoms with Gasteiger partial charge in [0.05, 0.1) is 11.8 Å². The number of allylic oxidation sites excluding steroid dienone is 2. The van der Waals surface area contributed by atoms with Gasteiger partial charge in [-0.05, 0) is 38.5 Å². The van der Waals surface area contributed by atoms with E-state index < -0.39 is 17.8 Å². The van der Waals surface area contributed by atoms with E-state index in [-0.39, 0.29) is 23.3 Å². The average Bonchev–Trinajstić information content (AvgIpc) is 2.87. The van der Waals surface area contributed by atoms with E-state index in [0.717, 1.165) is 12.8 Å². The Morgan fingerprint density at radius 1 is 1.28 bits per heavy atom. The van der Waals surface area contributed by atoms with Crippen LogP contribution in [0.4, 0.5) is 0 Å². The molecule has 1 saturated carbocycles. The SMILES string of the molecule is CCC(C)(C)NC(=O)[C@H]1C2C=CC(C2)[C@H]1C(=O)O. The van der Waals surface area contributed by atoms with Crippen LogP contribution in [-0.2, 0) is 9.59 Å². The maximum atomic E-state index is 12.3. The van der Waals surface area contributed by atoms with E-state index in [0.29, 0.717) is 0 Å². The van der Waals surface area contributed by atoms with Crippen LogP contribution >= 0.6 is 0 Å². The molecule has 0 saturated heterocycles. The van der Waals surface area contributed by atoms with Gasteiger partial charge in [0.1, 0.15) is 0 Å². The smallest absolute Gasteiger partial charge is 0.307 e. The number of carbonyl (C=O) groups excluding carboxylic acids is 1. The second-order valence-corrected chi connectivity index (χ2v) is 6.06. The van der Waals surface area contributed by atoms with Crippen LogP contribution < -0.4 is 5.32 Å². The van der Waals surface area contributed by atoms with Gasteiger partial charge in [-0.2, -0.15) is 0 Å². The molecule has 18 heavy (non-hydrogen) atoms. The van der Waals surface area contributed by atoms with E-state index in [1.165, 1.54) is 0 Å². The highest BCUT2D eigenvalue weighted by Crippen LogP contribution is 2.48. The summed E-state index contributed by atoms with van der Waals surface area (Å²) in [4.78, 5) is 23.6. The van der Waals surface area contributed by atoms with Crippen molar-refractivity contribution in [2.75, 3.05) is 0 Å². The summed E-state index contributed by atoms with van der Waals surface area (Å²) in [5.41, 5.74) is -0.272. The lowest BCUT2D eigenvalue weighted by atomic mass is 9.82. The van der Waals surface area contributed by atoms with Crippen LogP contribution in [0.2, 0.25) is 0 Å². The van der Waals surface area contributed by atoms with Crippen molar-refractivity contribution in [3.63, 3.8) is 0 Å². The standard InChI is InChI=1S/C14H21NO3/c1-4-14(2,3)15-12(16)10-8-5-6-9(7-8)11(10)13(17)18/h5-6,8-11H,4,7H2,1-3H3,(H,15,16)(H,17,18)/t8?,9?,10-,11+/m0/s1. The van der Waals surface area contributed by atoms with Gasteiger partial charge >= 0.3 is 5.97 Å². The number of hydrogen-bond acceptors (Lipinski definition) is 2. The molecule has 1 fully saturated rings. The van der Waals surface area contributed by atoms with E-state index >= 15 is 0 Å². The van der Waals surface area contributed by atoms with E-state index in [1.807, 2.05) is 32.9 Å². The summed E-state index contributed by atoms with van der Waals surface area (Å²) in [5.74, 6) is -1.76. The number of aliphatic carboxylic acids is 1. The normalized spacial score (nSPS) is 33.7. The molecule has 0 aromatic heterocycles. The predicted octanol–water partition coefficient (Wildman–Crippen LogP) is 1.81. The van der Waals surface area contributed by atoms with Crippen molar-refractivity contribution in [1.29, 1.82) is 0 Å². The molecule has 2 aliphatic rings. The van der Waals surface area contributed by atoms with Gasteiger partial charge in [0, 0.05) is 5.54 Å². The Balaban J connectivity index is 2.15. The highest BCUT2D eigenvalue weighted by molar-refractivity contribution is 5.87. The zero-order valence-corrected chi connectivity index (χ0v) is 11.1. The molecule has 0 aliphatic heterocycles.